The van der Waals surface area contributed by atoms with E-state index in [1.807, 2.05) is 0 Å². The average molecular weight is 365 g/mol. The van der Waals surface area contributed by atoms with E-state index in [-0.39, 0.29) is 9.90 Å². The van der Waals surface area contributed by atoms with Crippen LogP contribution in [0.3, 0.4) is 0 Å². The van der Waals surface area contributed by atoms with E-state index in [0.29, 0.717) is 16.6 Å². The van der Waals surface area contributed by atoms with E-state index in [2.05, 4.69) is 10.0 Å². The Morgan fingerprint density at radius 2 is 1.90 bits per heavy atom. The highest BCUT2D eigenvalue weighted by atomic mass is 35.5. The molecule has 2 N–H and O–H groups in total. The van der Waals surface area contributed by atoms with Gasteiger partial charge in [-0.1, -0.05) is 23.2 Å². The van der Waals surface area contributed by atoms with Crippen LogP contribution in [0.5, 0.6) is 0 Å². The highest BCUT2D eigenvalue weighted by Gasteiger charge is 2.18. The van der Waals surface area contributed by atoms with Gasteiger partial charge in [0.05, 0.1) is 10.7 Å². The molecule has 0 atom stereocenters. The minimum absolute atomic E-state index is 0.237. The Morgan fingerprint density at radius 3 is 2.57 bits per heavy atom. The van der Waals surface area contributed by atoms with E-state index in [0.717, 1.165) is 10.4 Å². The molecular formula is C13H14Cl2N2O2S2. The van der Waals surface area contributed by atoms with Crippen molar-refractivity contribution in [1.29, 1.82) is 0 Å². The fraction of sp³-hybridized carbons (Fsp3) is 0.231. The number of hydrogen-bond donors (Lipinski definition) is 2. The van der Waals surface area contributed by atoms with Crippen molar-refractivity contribution >= 4 is 50.2 Å². The van der Waals surface area contributed by atoms with Gasteiger partial charge in [-0.15, -0.1) is 11.3 Å². The Morgan fingerprint density at radius 1 is 1.19 bits per heavy atom. The quantitative estimate of drug-likeness (QED) is 0.845. The number of anilines is 1. The number of sulfonamides is 1. The molecule has 0 bridgehead atoms. The van der Waals surface area contributed by atoms with Crippen molar-refractivity contribution in [3.63, 3.8) is 0 Å². The molecule has 2 aromatic rings. The lowest BCUT2D eigenvalue weighted by molar-refractivity contribution is 0.603. The van der Waals surface area contributed by atoms with Crippen LogP contribution in [0.25, 0.3) is 0 Å². The second kappa shape index (κ2) is 6.54. The zero-order chi connectivity index (χ0) is 15.6. The molecule has 0 fully saturated rings. The molecule has 1 aromatic heterocycles. The van der Waals surface area contributed by atoms with Crippen LogP contribution >= 0.6 is 34.5 Å². The molecule has 8 heteroatoms. The van der Waals surface area contributed by atoms with Crippen molar-refractivity contribution in [3.05, 3.63) is 44.8 Å². The summed E-state index contributed by atoms with van der Waals surface area (Å²) in [6, 6.07) is 6.49. The van der Waals surface area contributed by atoms with Crippen molar-refractivity contribution in [2.24, 2.45) is 0 Å². The number of aryl methyl sites for hydroxylation is 1. The summed E-state index contributed by atoms with van der Waals surface area (Å²) in [7, 11) is -1.86. The van der Waals surface area contributed by atoms with Crippen LogP contribution < -0.4 is 10.0 Å². The van der Waals surface area contributed by atoms with Gasteiger partial charge in [-0.2, -0.15) is 0 Å². The summed E-state index contributed by atoms with van der Waals surface area (Å²) in [6.45, 7) is 2.42. The molecule has 0 saturated carbocycles. The molecule has 0 amide bonds. The van der Waals surface area contributed by atoms with Gasteiger partial charge < -0.3 is 5.32 Å². The lowest BCUT2D eigenvalue weighted by atomic mass is 10.2. The minimum atomic E-state index is -3.67. The molecule has 21 heavy (non-hydrogen) atoms. The predicted molar refractivity (Wildman–Crippen MR) is 89.1 cm³/mol. The number of thiophene rings is 1. The van der Waals surface area contributed by atoms with Crippen molar-refractivity contribution in [2.45, 2.75) is 17.7 Å². The zero-order valence-corrected chi connectivity index (χ0v) is 14.6. The Hall–Kier alpha value is -0.790. The number of halogens is 2. The third kappa shape index (κ3) is 3.90. The summed E-state index contributed by atoms with van der Waals surface area (Å²) < 4.78 is 27.4. The molecule has 114 valence electrons. The number of hydrogen-bond acceptors (Lipinski definition) is 4. The number of nitrogens with one attached hydrogen (secondary N) is 2. The molecule has 0 spiro atoms. The summed E-state index contributed by atoms with van der Waals surface area (Å²) in [4.78, 5) is 0.936. The second-order valence-electron chi connectivity index (χ2n) is 4.44. The van der Waals surface area contributed by atoms with E-state index in [1.165, 1.54) is 17.4 Å². The Labute approximate surface area is 138 Å². The third-order valence-electron chi connectivity index (χ3n) is 2.75. The molecule has 1 heterocycles. The summed E-state index contributed by atoms with van der Waals surface area (Å²) in [5, 5.41) is 3.75. The standard InChI is InChI=1S/C13H14Cl2N2O2S2/c1-8-5-11(15)12(6-10(8)14)17-21(18,19)13-4-3-9(20-13)7-16-2/h3-6,16-17H,7H2,1-2H3. The summed E-state index contributed by atoms with van der Waals surface area (Å²) in [5.41, 5.74) is 1.06. The first kappa shape index (κ1) is 16.6. The van der Waals surface area contributed by atoms with Crippen molar-refractivity contribution < 1.29 is 8.42 Å². The maximum Gasteiger partial charge on any atom is 0.271 e. The molecule has 0 aliphatic rings. The fourth-order valence-electron chi connectivity index (χ4n) is 1.69. The highest BCUT2D eigenvalue weighted by Crippen LogP contribution is 2.31. The Bertz CT molecular complexity index is 758. The first-order valence-corrected chi connectivity index (χ1v) is 9.11. The van der Waals surface area contributed by atoms with E-state index < -0.39 is 10.0 Å². The zero-order valence-electron chi connectivity index (χ0n) is 11.4. The topological polar surface area (TPSA) is 58.2 Å². The number of rotatable bonds is 5. The normalized spacial score (nSPS) is 11.6. The summed E-state index contributed by atoms with van der Waals surface area (Å²) >= 11 is 13.3. The SMILES string of the molecule is CNCc1ccc(S(=O)(=O)Nc2cc(Cl)c(C)cc2Cl)s1. The van der Waals surface area contributed by atoms with E-state index >= 15 is 0 Å². The van der Waals surface area contributed by atoms with Gasteiger partial charge in [0.25, 0.3) is 10.0 Å². The van der Waals surface area contributed by atoms with Gasteiger partial charge in [0, 0.05) is 16.4 Å². The monoisotopic (exact) mass is 364 g/mol. The lowest BCUT2D eigenvalue weighted by Gasteiger charge is -2.10. The minimum Gasteiger partial charge on any atom is -0.315 e. The van der Waals surface area contributed by atoms with Gasteiger partial charge in [0.1, 0.15) is 4.21 Å². The molecule has 0 unspecified atom stereocenters. The van der Waals surface area contributed by atoms with Gasteiger partial charge in [0.15, 0.2) is 0 Å². The molecule has 1 aromatic carbocycles. The third-order valence-corrected chi connectivity index (χ3v) is 6.41. The largest absolute Gasteiger partial charge is 0.315 e. The van der Waals surface area contributed by atoms with Crippen LogP contribution in [-0.4, -0.2) is 15.5 Å². The van der Waals surface area contributed by atoms with Gasteiger partial charge in [0.2, 0.25) is 0 Å². The van der Waals surface area contributed by atoms with Crippen molar-refractivity contribution in [1.82, 2.24) is 5.32 Å². The van der Waals surface area contributed by atoms with Gasteiger partial charge in [-0.3, -0.25) is 4.72 Å². The molecule has 0 aliphatic heterocycles. The Balaban J connectivity index is 2.30. The van der Waals surface area contributed by atoms with Gasteiger partial charge in [-0.25, -0.2) is 8.42 Å². The van der Waals surface area contributed by atoms with Gasteiger partial charge in [-0.05, 0) is 43.8 Å². The van der Waals surface area contributed by atoms with Crippen LogP contribution in [0.2, 0.25) is 10.0 Å². The predicted octanol–water partition coefficient (Wildman–Crippen LogP) is 3.88. The molecular weight excluding hydrogens is 351 g/mol. The van der Waals surface area contributed by atoms with Crippen LogP contribution in [0.15, 0.2) is 28.5 Å². The van der Waals surface area contributed by atoms with Crippen molar-refractivity contribution in [3.8, 4) is 0 Å². The molecule has 0 radical (unpaired) electrons. The second-order valence-corrected chi connectivity index (χ2v) is 8.33. The highest BCUT2D eigenvalue weighted by molar-refractivity contribution is 7.94. The van der Waals surface area contributed by atoms with E-state index in [4.69, 9.17) is 23.2 Å². The average Bonchev–Trinajstić information content (AvgIpc) is 2.86. The van der Waals surface area contributed by atoms with Crippen molar-refractivity contribution in [2.75, 3.05) is 11.8 Å². The Kier molecular flexibility index (Phi) is 5.16. The smallest absolute Gasteiger partial charge is 0.271 e. The van der Waals surface area contributed by atoms with E-state index in [1.54, 1.807) is 32.2 Å². The van der Waals surface area contributed by atoms with Crippen LogP contribution in [0.1, 0.15) is 10.4 Å². The maximum atomic E-state index is 12.3. The molecule has 2 rings (SSSR count). The maximum absolute atomic E-state index is 12.3. The first-order valence-electron chi connectivity index (χ1n) is 6.05. The van der Waals surface area contributed by atoms with Gasteiger partial charge >= 0.3 is 0 Å². The first-order chi connectivity index (χ1) is 9.83. The van der Waals surface area contributed by atoms with E-state index in [9.17, 15) is 8.42 Å². The fourth-order valence-corrected chi connectivity index (χ4v) is 4.61. The summed E-state index contributed by atoms with van der Waals surface area (Å²) in [6.07, 6.45) is 0. The van der Waals surface area contributed by atoms with Crippen LogP contribution in [0, 0.1) is 6.92 Å². The van der Waals surface area contributed by atoms with Crippen LogP contribution in [0.4, 0.5) is 5.69 Å². The van der Waals surface area contributed by atoms with Crippen LogP contribution in [-0.2, 0) is 16.6 Å². The number of benzene rings is 1. The molecule has 0 saturated heterocycles. The molecule has 0 aliphatic carbocycles. The summed E-state index contributed by atoms with van der Waals surface area (Å²) in [5.74, 6) is 0. The molecule has 4 nitrogen and oxygen atoms in total. The lowest BCUT2D eigenvalue weighted by Crippen LogP contribution is -2.12.